The molecule has 35 heavy (non-hydrogen) atoms. The van der Waals surface area contributed by atoms with Crippen LogP contribution in [-0.2, 0) is 22.9 Å². The van der Waals surface area contributed by atoms with Crippen LogP contribution in [0.2, 0.25) is 0 Å². The Morgan fingerprint density at radius 1 is 1.14 bits per heavy atom. The highest BCUT2D eigenvalue weighted by molar-refractivity contribution is 7.09. The van der Waals surface area contributed by atoms with Crippen molar-refractivity contribution in [2.75, 3.05) is 0 Å². The molecule has 0 saturated heterocycles. The first-order chi connectivity index (χ1) is 16.0. The average molecular weight is 517 g/mol. The SMILES string of the molecule is CCCCn1nc(C(C)(C)C)s/c1=N\C(=O)c1cc(C(F)(F)F)ccc1ONC(=O)OC(C)(C)C. The van der Waals surface area contributed by atoms with Crippen molar-refractivity contribution in [2.45, 2.75) is 85.0 Å². The molecule has 0 spiro atoms. The normalized spacial score (nSPS) is 13.0. The van der Waals surface area contributed by atoms with Crippen LogP contribution in [0, 0.1) is 0 Å². The fraction of sp³-hybridized carbons (Fsp3) is 0.565. The van der Waals surface area contributed by atoms with Crippen molar-refractivity contribution in [3.05, 3.63) is 39.1 Å². The van der Waals surface area contributed by atoms with E-state index in [4.69, 9.17) is 9.57 Å². The quantitative estimate of drug-likeness (QED) is 0.503. The molecule has 0 saturated carbocycles. The van der Waals surface area contributed by atoms with E-state index in [9.17, 15) is 22.8 Å². The Balaban J connectivity index is 2.50. The largest absolute Gasteiger partial charge is 0.442 e. The Hall–Kier alpha value is -2.89. The highest BCUT2D eigenvalue weighted by Crippen LogP contribution is 2.33. The minimum absolute atomic E-state index is 0.261. The molecule has 8 nitrogen and oxygen atoms in total. The number of carbonyl (C=O) groups excluding carboxylic acids is 2. The summed E-state index contributed by atoms with van der Waals surface area (Å²) in [6, 6.07) is 2.33. The summed E-state index contributed by atoms with van der Waals surface area (Å²) in [4.78, 5) is 34.5. The molecule has 0 aliphatic carbocycles. The lowest BCUT2D eigenvalue weighted by Crippen LogP contribution is -2.34. The van der Waals surface area contributed by atoms with Gasteiger partial charge in [-0.2, -0.15) is 28.7 Å². The lowest BCUT2D eigenvalue weighted by molar-refractivity contribution is -0.137. The third-order valence-corrected chi connectivity index (χ3v) is 5.74. The standard InChI is InChI=1S/C23H31F3N4O4S/c1-8-9-12-30-19(35-18(28-30)21(2,3)4)27-17(31)15-13-14(23(24,25)26)10-11-16(15)34-29-20(32)33-22(5,6)7/h10-11,13H,8-9,12H2,1-7H3,(H,29,32)/b27-19-. The van der Waals surface area contributed by atoms with E-state index in [0.29, 0.717) is 12.6 Å². The maximum atomic E-state index is 13.3. The zero-order valence-corrected chi connectivity index (χ0v) is 21.7. The van der Waals surface area contributed by atoms with E-state index in [1.54, 1.807) is 25.5 Å². The molecule has 2 aromatic rings. The number of alkyl halides is 3. The monoisotopic (exact) mass is 516 g/mol. The van der Waals surface area contributed by atoms with E-state index in [0.717, 1.165) is 30.0 Å². The number of ether oxygens (including phenoxy) is 1. The Kier molecular flexibility index (Phi) is 8.75. The van der Waals surface area contributed by atoms with Gasteiger partial charge in [-0.3, -0.25) is 4.79 Å². The molecule has 194 valence electrons. The molecule has 1 heterocycles. The zero-order chi connectivity index (χ0) is 26.6. The van der Waals surface area contributed by atoms with Crippen LogP contribution in [0.4, 0.5) is 18.0 Å². The summed E-state index contributed by atoms with van der Waals surface area (Å²) in [5.74, 6) is -1.27. The maximum Gasteiger partial charge on any atom is 0.441 e. The second-order valence-electron chi connectivity index (χ2n) is 9.85. The van der Waals surface area contributed by atoms with Gasteiger partial charge in [0.15, 0.2) is 5.75 Å². The summed E-state index contributed by atoms with van der Waals surface area (Å²) in [5, 5.41) is 5.27. The van der Waals surface area contributed by atoms with Crippen molar-refractivity contribution >= 4 is 23.3 Å². The van der Waals surface area contributed by atoms with Crippen LogP contribution in [0.15, 0.2) is 23.2 Å². The van der Waals surface area contributed by atoms with Gasteiger partial charge in [0, 0.05) is 12.0 Å². The average Bonchev–Trinajstić information content (AvgIpc) is 3.11. The van der Waals surface area contributed by atoms with Gasteiger partial charge in [-0.1, -0.05) is 45.5 Å². The molecule has 1 aromatic carbocycles. The molecule has 0 aliphatic heterocycles. The molecular weight excluding hydrogens is 485 g/mol. The Morgan fingerprint density at radius 3 is 2.34 bits per heavy atom. The Morgan fingerprint density at radius 2 is 1.80 bits per heavy atom. The number of unbranched alkanes of at least 4 members (excludes halogenated alkanes) is 1. The van der Waals surface area contributed by atoms with Crippen molar-refractivity contribution < 1.29 is 32.3 Å². The summed E-state index contributed by atoms with van der Waals surface area (Å²) in [6.07, 6.45) is -4.00. The topological polar surface area (TPSA) is 94.8 Å². The van der Waals surface area contributed by atoms with Crippen molar-refractivity contribution in [3.8, 4) is 5.75 Å². The molecular formula is C23H31F3N4O4S. The number of amides is 2. The van der Waals surface area contributed by atoms with Crippen LogP contribution in [0.3, 0.4) is 0 Å². The van der Waals surface area contributed by atoms with Crippen LogP contribution in [0.5, 0.6) is 5.75 Å². The van der Waals surface area contributed by atoms with Gasteiger partial charge in [0.1, 0.15) is 10.6 Å². The highest BCUT2D eigenvalue weighted by Gasteiger charge is 2.32. The number of rotatable bonds is 6. The molecule has 0 unspecified atom stereocenters. The highest BCUT2D eigenvalue weighted by atomic mass is 32.1. The molecule has 2 rings (SSSR count). The first-order valence-corrected chi connectivity index (χ1v) is 11.9. The lowest BCUT2D eigenvalue weighted by Gasteiger charge is -2.20. The molecule has 0 radical (unpaired) electrons. The van der Waals surface area contributed by atoms with Crippen LogP contribution in [0.25, 0.3) is 0 Å². The fourth-order valence-electron chi connectivity index (χ4n) is 2.65. The van der Waals surface area contributed by atoms with Gasteiger partial charge >= 0.3 is 12.3 Å². The van der Waals surface area contributed by atoms with Crippen molar-refractivity contribution in [2.24, 2.45) is 4.99 Å². The molecule has 0 bridgehead atoms. The second kappa shape index (κ2) is 10.8. The molecule has 2 amide bonds. The lowest BCUT2D eigenvalue weighted by atomic mass is 9.98. The number of aromatic nitrogens is 2. The fourth-order valence-corrected chi connectivity index (χ4v) is 3.64. The van der Waals surface area contributed by atoms with Gasteiger partial charge in [-0.25, -0.2) is 9.48 Å². The molecule has 12 heteroatoms. The molecule has 0 fully saturated rings. The summed E-state index contributed by atoms with van der Waals surface area (Å²) < 4.78 is 46.7. The third-order valence-electron chi connectivity index (χ3n) is 4.36. The van der Waals surface area contributed by atoms with E-state index >= 15 is 0 Å². The number of hydrogen-bond donors (Lipinski definition) is 1. The summed E-state index contributed by atoms with van der Waals surface area (Å²) in [5.41, 5.74) is -0.677. The molecule has 0 atom stereocenters. The predicted octanol–water partition coefficient (Wildman–Crippen LogP) is 5.62. The van der Waals surface area contributed by atoms with Crippen LogP contribution in [0.1, 0.15) is 82.2 Å². The van der Waals surface area contributed by atoms with E-state index in [-0.39, 0.29) is 16.0 Å². The van der Waals surface area contributed by atoms with Gasteiger partial charge in [0.05, 0.1) is 11.1 Å². The van der Waals surface area contributed by atoms with Gasteiger partial charge in [0.2, 0.25) is 4.80 Å². The number of nitrogens with one attached hydrogen (secondary N) is 1. The minimum Gasteiger partial charge on any atom is -0.442 e. The molecule has 1 N–H and O–H groups in total. The summed E-state index contributed by atoms with van der Waals surface area (Å²) >= 11 is 1.19. The van der Waals surface area contributed by atoms with E-state index in [2.05, 4.69) is 10.1 Å². The van der Waals surface area contributed by atoms with Crippen molar-refractivity contribution in [1.29, 1.82) is 0 Å². The number of carbonyl (C=O) groups is 2. The maximum absolute atomic E-state index is 13.3. The number of hydroxylamine groups is 1. The number of hydrogen-bond acceptors (Lipinski definition) is 6. The van der Waals surface area contributed by atoms with Crippen molar-refractivity contribution in [3.63, 3.8) is 0 Å². The smallest absolute Gasteiger partial charge is 0.441 e. The van der Waals surface area contributed by atoms with Crippen LogP contribution in [-0.4, -0.2) is 27.4 Å². The first kappa shape index (κ1) is 28.3. The first-order valence-electron chi connectivity index (χ1n) is 11.1. The van der Waals surface area contributed by atoms with Crippen LogP contribution < -0.4 is 15.1 Å². The third kappa shape index (κ3) is 8.37. The van der Waals surface area contributed by atoms with Crippen molar-refractivity contribution in [1.82, 2.24) is 15.3 Å². The molecule has 0 aliphatic rings. The van der Waals surface area contributed by atoms with Gasteiger partial charge in [0.25, 0.3) is 5.91 Å². The number of nitrogens with zero attached hydrogens (tertiary/aromatic N) is 3. The second-order valence-corrected chi connectivity index (χ2v) is 10.8. The zero-order valence-electron chi connectivity index (χ0n) is 20.9. The summed E-state index contributed by atoms with van der Waals surface area (Å²) in [7, 11) is 0. The van der Waals surface area contributed by atoms with Gasteiger partial charge in [-0.15, -0.1) is 0 Å². The minimum atomic E-state index is -4.70. The number of benzene rings is 1. The Labute approximate surface area is 206 Å². The number of halogens is 3. The predicted molar refractivity (Wildman–Crippen MR) is 125 cm³/mol. The van der Waals surface area contributed by atoms with E-state index < -0.39 is 34.9 Å². The van der Waals surface area contributed by atoms with E-state index in [1.807, 2.05) is 33.2 Å². The van der Waals surface area contributed by atoms with E-state index in [1.165, 1.54) is 11.3 Å². The van der Waals surface area contributed by atoms with Gasteiger partial charge < -0.3 is 9.57 Å². The Bertz CT molecular complexity index is 1130. The number of aryl methyl sites for hydroxylation is 1. The van der Waals surface area contributed by atoms with Gasteiger partial charge in [-0.05, 0) is 45.4 Å². The summed E-state index contributed by atoms with van der Waals surface area (Å²) in [6.45, 7) is 13.3. The molecule has 1 aromatic heterocycles. The van der Waals surface area contributed by atoms with Crippen LogP contribution >= 0.6 is 11.3 Å².